The van der Waals surface area contributed by atoms with Crippen LogP contribution in [0.5, 0.6) is 0 Å². The quantitative estimate of drug-likeness (QED) is 0.175. The number of hydrogen-bond acceptors (Lipinski definition) is 2. The molecule has 53 heavy (non-hydrogen) atoms. The summed E-state index contributed by atoms with van der Waals surface area (Å²) >= 11 is 0. The van der Waals surface area contributed by atoms with Crippen LogP contribution in [-0.4, -0.2) is 23.7 Å². The Labute approximate surface area is 303 Å². The van der Waals surface area contributed by atoms with E-state index in [1.54, 1.807) is 0 Å². The lowest BCUT2D eigenvalue weighted by Gasteiger charge is -2.14. The van der Waals surface area contributed by atoms with Crippen molar-refractivity contribution < 1.29 is 0 Å². The fourth-order valence-electron chi connectivity index (χ4n) is 8.78. The topological polar surface area (TPSA) is 40.6 Å². The lowest BCUT2D eigenvalue weighted by Crippen LogP contribution is -2.06. The first kappa shape index (κ1) is 28.5. The van der Waals surface area contributed by atoms with E-state index in [0.717, 1.165) is 39.1 Å². The third kappa shape index (κ3) is 3.96. The van der Waals surface area contributed by atoms with Gasteiger partial charge in [0, 0.05) is 44.2 Å². The van der Waals surface area contributed by atoms with Gasteiger partial charge in [0.1, 0.15) is 5.82 Å². The van der Waals surface area contributed by atoms with Crippen molar-refractivity contribution in [2.45, 2.75) is 0 Å². The number of benzene rings is 8. The van der Waals surface area contributed by atoms with Crippen molar-refractivity contribution in [2.75, 3.05) is 0 Å². The van der Waals surface area contributed by atoms with Crippen LogP contribution in [0.15, 0.2) is 176 Å². The van der Waals surface area contributed by atoms with Gasteiger partial charge in [0.15, 0.2) is 0 Å². The van der Waals surface area contributed by atoms with E-state index in [-0.39, 0.29) is 0 Å². The van der Waals surface area contributed by atoms with Crippen LogP contribution in [0.4, 0.5) is 0 Å². The number of para-hydroxylation sites is 4. The van der Waals surface area contributed by atoms with Crippen LogP contribution in [0.3, 0.4) is 0 Å². The first-order valence-corrected chi connectivity index (χ1v) is 18.0. The van der Waals surface area contributed by atoms with Gasteiger partial charge in [0.05, 0.1) is 33.1 Å². The Morgan fingerprint density at radius 2 is 0.811 bits per heavy atom. The molecular formula is C48H29N5. The molecule has 0 aliphatic carbocycles. The minimum Gasteiger partial charge on any atom is -0.307 e. The third-order valence-corrected chi connectivity index (χ3v) is 11.1. The predicted molar refractivity (Wildman–Crippen MR) is 220 cm³/mol. The molecule has 0 saturated carbocycles. The molecule has 0 radical (unpaired) electrons. The third-order valence-electron chi connectivity index (χ3n) is 11.1. The minimum atomic E-state index is 0.639. The lowest BCUT2D eigenvalue weighted by atomic mass is 10.0. The van der Waals surface area contributed by atoms with Crippen LogP contribution in [0.1, 0.15) is 0 Å². The maximum Gasteiger partial charge on any atom is 0.236 e. The van der Waals surface area contributed by atoms with Crippen LogP contribution in [0.2, 0.25) is 0 Å². The Hall–Kier alpha value is -7.24. The zero-order valence-corrected chi connectivity index (χ0v) is 28.5. The van der Waals surface area contributed by atoms with E-state index in [9.17, 15) is 0 Å². The molecule has 12 aromatic rings. The molecule has 5 heteroatoms. The van der Waals surface area contributed by atoms with E-state index in [1.165, 1.54) is 59.4 Å². The van der Waals surface area contributed by atoms with Crippen molar-refractivity contribution >= 4 is 87.0 Å². The van der Waals surface area contributed by atoms with E-state index >= 15 is 0 Å². The second-order valence-corrected chi connectivity index (χ2v) is 13.9. The van der Waals surface area contributed by atoms with Crippen molar-refractivity contribution in [1.82, 2.24) is 23.7 Å². The summed E-state index contributed by atoms with van der Waals surface area (Å²) in [4.78, 5) is 10.3. The van der Waals surface area contributed by atoms with Gasteiger partial charge < -0.3 is 4.57 Å². The predicted octanol–water partition coefficient (Wildman–Crippen LogP) is 12.1. The molecule has 0 bridgehead atoms. The SMILES string of the molecule is c1ccc2cc3cc(-n4c5ccccc5c5ccc6c7ccccc7n(-c7ccnc(-n8c9ccccc9c9ccccc98)n7)c6c54)ccc3cc2c1. The van der Waals surface area contributed by atoms with Crippen molar-refractivity contribution in [3.63, 3.8) is 0 Å². The van der Waals surface area contributed by atoms with Crippen LogP contribution in [-0.2, 0) is 0 Å². The van der Waals surface area contributed by atoms with Gasteiger partial charge in [0.25, 0.3) is 0 Å². The first-order valence-electron chi connectivity index (χ1n) is 18.0. The number of hydrogen-bond donors (Lipinski definition) is 0. The van der Waals surface area contributed by atoms with Gasteiger partial charge in [-0.15, -0.1) is 0 Å². The Morgan fingerprint density at radius 3 is 1.43 bits per heavy atom. The first-order chi connectivity index (χ1) is 26.3. The van der Waals surface area contributed by atoms with E-state index in [4.69, 9.17) is 9.97 Å². The number of nitrogens with zero attached hydrogens (tertiary/aromatic N) is 5. The van der Waals surface area contributed by atoms with Crippen LogP contribution < -0.4 is 0 Å². The van der Waals surface area contributed by atoms with Gasteiger partial charge in [-0.1, -0.05) is 115 Å². The molecule has 0 saturated heterocycles. The van der Waals surface area contributed by atoms with E-state index in [1.807, 2.05) is 12.3 Å². The van der Waals surface area contributed by atoms with Gasteiger partial charge in [0.2, 0.25) is 5.95 Å². The molecule has 8 aromatic carbocycles. The molecule has 4 heterocycles. The highest BCUT2D eigenvalue weighted by molar-refractivity contribution is 6.24. The Kier molecular flexibility index (Phi) is 5.71. The maximum absolute atomic E-state index is 5.40. The molecular weight excluding hydrogens is 647 g/mol. The fourth-order valence-corrected chi connectivity index (χ4v) is 8.78. The number of aromatic nitrogens is 5. The van der Waals surface area contributed by atoms with Gasteiger partial charge in [-0.2, -0.15) is 4.98 Å². The number of fused-ring (bicyclic) bond motifs is 12. The minimum absolute atomic E-state index is 0.639. The molecule has 0 aliphatic heterocycles. The summed E-state index contributed by atoms with van der Waals surface area (Å²) in [5, 5.41) is 12.1. The fraction of sp³-hybridized carbons (Fsp3) is 0. The molecule has 0 unspecified atom stereocenters. The average molecular weight is 676 g/mol. The van der Waals surface area contributed by atoms with Gasteiger partial charge in [-0.3, -0.25) is 9.13 Å². The standard InChI is InChI=1S/C48H29N5/c1-2-12-31-28-33-29-34(22-21-32(33)27-30(31)11-1)51-41-17-7-5-15-37(41)39-23-24-40-38-16-6-10-20-44(38)53(47(40)46(39)51)45-25-26-49-48(50-45)52-42-18-8-3-13-35(42)36-14-4-9-19-43(36)52/h1-29H. The van der Waals surface area contributed by atoms with Crippen molar-refractivity contribution in [2.24, 2.45) is 0 Å². The summed E-state index contributed by atoms with van der Waals surface area (Å²) in [5.41, 5.74) is 7.82. The van der Waals surface area contributed by atoms with Crippen LogP contribution in [0.25, 0.3) is 104 Å². The highest BCUT2D eigenvalue weighted by atomic mass is 15.2. The molecule has 0 spiro atoms. The number of rotatable bonds is 3. The molecule has 246 valence electrons. The summed E-state index contributed by atoms with van der Waals surface area (Å²) < 4.78 is 6.98. The molecule has 0 amide bonds. The van der Waals surface area contributed by atoms with E-state index in [2.05, 4.69) is 177 Å². The molecule has 0 aliphatic rings. The monoisotopic (exact) mass is 675 g/mol. The van der Waals surface area contributed by atoms with Crippen molar-refractivity contribution in [3.05, 3.63) is 176 Å². The second kappa shape index (κ2) is 10.6. The Bertz CT molecular complexity index is 3420. The van der Waals surface area contributed by atoms with Crippen LogP contribution >= 0.6 is 0 Å². The molecule has 5 nitrogen and oxygen atoms in total. The molecule has 4 aromatic heterocycles. The lowest BCUT2D eigenvalue weighted by molar-refractivity contribution is 0.948. The zero-order chi connectivity index (χ0) is 34.6. The molecule has 0 atom stereocenters. The molecule has 0 fully saturated rings. The maximum atomic E-state index is 5.40. The highest BCUT2D eigenvalue weighted by Gasteiger charge is 2.22. The Morgan fingerprint density at radius 1 is 0.340 bits per heavy atom. The van der Waals surface area contributed by atoms with Gasteiger partial charge in [-0.05, 0) is 76.1 Å². The smallest absolute Gasteiger partial charge is 0.236 e. The molecule has 0 N–H and O–H groups in total. The largest absolute Gasteiger partial charge is 0.307 e. The average Bonchev–Trinajstić information content (AvgIpc) is 3.86. The summed E-state index contributed by atoms with van der Waals surface area (Å²) in [6.45, 7) is 0. The van der Waals surface area contributed by atoms with E-state index in [0.29, 0.717) is 5.95 Å². The van der Waals surface area contributed by atoms with Gasteiger partial charge in [-0.25, -0.2) is 4.98 Å². The molecule has 12 rings (SSSR count). The van der Waals surface area contributed by atoms with Crippen molar-refractivity contribution in [3.8, 4) is 17.5 Å². The summed E-state index contributed by atoms with van der Waals surface area (Å²) in [6.07, 6.45) is 1.89. The highest BCUT2D eigenvalue weighted by Crippen LogP contribution is 2.42. The van der Waals surface area contributed by atoms with Crippen LogP contribution in [0, 0.1) is 0 Å². The Balaban J connectivity index is 1.19. The summed E-state index contributed by atoms with van der Waals surface area (Å²) in [6, 6.07) is 61.1. The summed E-state index contributed by atoms with van der Waals surface area (Å²) in [5.74, 6) is 1.46. The normalized spacial score (nSPS) is 12.2. The van der Waals surface area contributed by atoms with Gasteiger partial charge >= 0.3 is 0 Å². The second-order valence-electron chi connectivity index (χ2n) is 13.9. The van der Waals surface area contributed by atoms with E-state index < -0.39 is 0 Å². The zero-order valence-electron chi connectivity index (χ0n) is 28.5. The van der Waals surface area contributed by atoms with Crippen molar-refractivity contribution in [1.29, 1.82) is 0 Å². The summed E-state index contributed by atoms with van der Waals surface area (Å²) in [7, 11) is 0.